The maximum absolute atomic E-state index is 13.6. The molecule has 0 amide bonds. The summed E-state index contributed by atoms with van der Waals surface area (Å²) in [5.41, 5.74) is 6.70. The third-order valence-corrected chi connectivity index (χ3v) is 5.27. The van der Waals surface area contributed by atoms with E-state index >= 15 is 0 Å². The van der Waals surface area contributed by atoms with Crippen molar-refractivity contribution >= 4 is 28.0 Å². The summed E-state index contributed by atoms with van der Waals surface area (Å²) >= 11 is 0. The van der Waals surface area contributed by atoms with Gasteiger partial charge in [-0.15, -0.1) is 0 Å². The largest absolute Gasteiger partial charge is 0.255 e. The Morgan fingerprint density at radius 3 is 2.39 bits per heavy atom. The van der Waals surface area contributed by atoms with Crippen LogP contribution >= 0.6 is 0 Å². The fraction of sp³-hybridized carbons (Fsp3) is 0.200. The van der Waals surface area contributed by atoms with Gasteiger partial charge in [0.15, 0.2) is 0 Å². The van der Waals surface area contributed by atoms with Gasteiger partial charge in [0.05, 0.1) is 0 Å². The van der Waals surface area contributed by atoms with Crippen LogP contribution in [0.3, 0.4) is 0 Å². The van der Waals surface area contributed by atoms with Crippen LogP contribution in [0, 0.1) is 5.82 Å². The maximum atomic E-state index is 13.6. The molecule has 0 aromatic heterocycles. The summed E-state index contributed by atoms with van der Waals surface area (Å²) < 4.78 is 25.1. The van der Waals surface area contributed by atoms with Gasteiger partial charge in [-0.25, -0.2) is 4.39 Å². The van der Waals surface area contributed by atoms with Crippen molar-refractivity contribution < 1.29 is 8.60 Å². The molecule has 1 unspecified atom stereocenters. The maximum Gasteiger partial charge on any atom is 0.123 e. The minimum absolute atomic E-state index is 0.196. The van der Waals surface area contributed by atoms with Crippen LogP contribution in [0.5, 0.6) is 0 Å². The third kappa shape index (κ3) is 2.93. The highest BCUT2D eigenvalue weighted by Crippen LogP contribution is 2.43. The Bertz CT molecular complexity index is 844. The Labute approximate surface area is 139 Å². The number of halogens is 1. The molecule has 0 saturated heterocycles. The fourth-order valence-corrected chi connectivity index (χ4v) is 3.65. The van der Waals surface area contributed by atoms with Crippen molar-refractivity contribution in [2.24, 2.45) is 0 Å². The van der Waals surface area contributed by atoms with Gasteiger partial charge >= 0.3 is 0 Å². The van der Waals surface area contributed by atoms with Crippen LogP contribution in [0.2, 0.25) is 0 Å². The minimum atomic E-state index is -0.966. The number of rotatable bonds is 3. The molecule has 0 heterocycles. The number of fused-ring (bicyclic) bond motifs is 1. The highest BCUT2D eigenvalue weighted by atomic mass is 32.2. The fourth-order valence-electron chi connectivity index (χ4n) is 3.13. The van der Waals surface area contributed by atoms with Gasteiger partial charge in [0.25, 0.3) is 0 Å². The summed E-state index contributed by atoms with van der Waals surface area (Å²) in [5.74, 6) is -0.196. The Balaban J connectivity index is 2.09. The van der Waals surface area contributed by atoms with Crippen LogP contribution in [-0.2, 0) is 10.8 Å². The molecular formula is C20H19FOS. The molecule has 0 spiro atoms. The van der Waals surface area contributed by atoms with Crippen LogP contribution in [-0.4, -0.2) is 10.5 Å². The summed E-state index contributed by atoms with van der Waals surface area (Å²) in [6.45, 7) is 4.19. The number of hydrogen-bond acceptors (Lipinski definition) is 1. The van der Waals surface area contributed by atoms with Gasteiger partial charge in [-0.1, -0.05) is 25.1 Å². The minimum Gasteiger partial charge on any atom is -0.255 e. The molecule has 23 heavy (non-hydrogen) atoms. The van der Waals surface area contributed by atoms with Crippen molar-refractivity contribution in [2.45, 2.75) is 25.2 Å². The van der Waals surface area contributed by atoms with Gasteiger partial charge < -0.3 is 0 Å². The van der Waals surface area contributed by atoms with Gasteiger partial charge in [-0.05, 0) is 77.1 Å². The molecule has 0 N–H and O–H groups in total. The summed E-state index contributed by atoms with van der Waals surface area (Å²) in [6.07, 6.45) is 4.68. The molecule has 0 fully saturated rings. The lowest BCUT2D eigenvalue weighted by Crippen LogP contribution is -1.88. The Morgan fingerprint density at radius 2 is 1.78 bits per heavy atom. The lowest BCUT2D eigenvalue weighted by Gasteiger charge is -2.05. The van der Waals surface area contributed by atoms with Gasteiger partial charge in [0.1, 0.15) is 5.82 Å². The topological polar surface area (TPSA) is 17.1 Å². The average molecular weight is 326 g/mol. The van der Waals surface area contributed by atoms with E-state index in [0.717, 1.165) is 33.6 Å². The molecule has 1 atom stereocenters. The Morgan fingerprint density at radius 1 is 1.09 bits per heavy atom. The Kier molecular flexibility index (Phi) is 4.31. The summed E-state index contributed by atoms with van der Waals surface area (Å²) in [4.78, 5) is 0.822. The van der Waals surface area contributed by atoms with E-state index < -0.39 is 10.8 Å². The van der Waals surface area contributed by atoms with Crippen molar-refractivity contribution in [3.63, 3.8) is 0 Å². The van der Waals surface area contributed by atoms with E-state index in [-0.39, 0.29) is 5.82 Å². The van der Waals surface area contributed by atoms with Gasteiger partial charge in [0.2, 0.25) is 0 Å². The second kappa shape index (κ2) is 6.25. The van der Waals surface area contributed by atoms with Gasteiger partial charge in [-0.2, -0.15) is 0 Å². The molecule has 1 aliphatic carbocycles. The zero-order valence-electron chi connectivity index (χ0n) is 13.5. The van der Waals surface area contributed by atoms with E-state index in [2.05, 4.69) is 19.9 Å². The van der Waals surface area contributed by atoms with Crippen molar-refractivity contribution in [3.8, 4) is 0 Å². The SMILES string of the molecule is CCC1=C(C)/C(=C\c2ccc(S(C)=O)cc2)c2ccc(F)cc21. The number of hydrogen-bond donors (Lipinski definition) is 0. The third-order valence-electron chi connectivity index (χ3n) is 4.33. The van der Waals surface area contributed by atoms with Crippen LogP contribution in [0.1, 0.15) is 37.0 Å². The van der Waals surface area contributed by atoms with Gasteiger partial charge in [-0.3, -0.25) is 4.21 Å². The average Bonchev–Trinajstić information content (AvgIpc) is 2.79. The van der Waals surface area contributed by atoms with Crippen molar-refractivity contribution in [1.82, 2.24) is 0 Å². The van der Waals surface area contributed by atoms with E-state index in [1.54, 1.807) is 12.3 Å². The normalized spacial score (nSPS) is 16.8. The molecule has 1 nitrogen and oxygen atoms in total. The second-order valence-electron chi connectivity index (χ2n) is 5.73. The highest BCUT2D eigenvalue weighted by molar-refractivity contribution is 7.84. The predicted molar refractivity (Wildman–Crippen MR) is 95.9 cm³/mol. The number of benzene rings is 2. The molecule has 118 valence electrons. The first kappa shape index (κ1) is 15.9. The van der Waals surface area contributed by atoms with Crippen LogP contribution < -0.4 is 0 Å². The van der Waals surface area contributed by atoms with Crippen LogP contribution in [0.25, 0.3) is 17.2 Å². The van der Waals surface area contributed by atoms with Crippen molar-refractivity contribution in [2.75, 3.05) is 6.26 Å². The molecule has 0 bridgehead atoms. The molecule has 0 aliphatic heterocycles. The Hall–Kier alpha value is -2.00. The summed E-state index contributed by atoms with van der Waals surface area (Å²) in [5, 5.41) is 0. The summed E-state index contributed by atoms with van der Waals surface area (Å²) in [6, 6.07) is 12.7. The van der Waals surface area contributed by atoms with E-state index in [9.17, 15) is 8.60 Å². The van der Waals surface area contributed by atoms with E-state index in [1.807, 2.05) is 30.3 Å². The van der Waals surface area contributed by atoms with Crippen LogP contribution in [0.15, 0.2) is 52.9 Å². The monoisotopic (exact) mass is 326 g/mol. The van der Waals surface area contributed by atoms with Gasteiger partial charge in [0, 0.05) is 22.0 Å². The van der Waals surface area contributed by atoms with Crippen molar-refractivity contribution in [1.29, 1.82) is 0 Å². The molecule has 1 aliphatic rings. The molecule has 3 rings (SSSR count). The highest BCUT2D eigenvalue weighted by Gasteiger charge is 2.22. The number of allylic oxidation sites excluding steroid dienone is 3. The van der Waals surface area contributed by atoms with E-state index in [1.165, 1.54) is 17.2 Å². The smallest absolute Gasteiger partial charge is 0.123 e. The molecule has 3 heteroatoms. The molecule has 0 radical (unpaired) electrons. The predicted octanol–water partition coefficient (Wildman–Crippen LogP) is 5.30. The molecular weight excluding hydrogens is 307 g/mol. The molecule has 2 aromatic rings. The van der Waals surface area contributed by atoms with E-state index in [0.29, 0.717) is 0 Å². The second-order valence-corrected chi connectivity index (χ2v) is 7.11. The first-order valence-corrected chi connectivity index (χ1v) is 9.22. The first-order chi connectivity index (χ1) is 11.0. The zero-order valence-corrected chi connectivity index (χ0v) is 14.3. The van der Waals surface area contributed by atoms with E-state index in [4.69, 9.17) is 0 Å². The molecule has 2 aromatic carbocycles. The lowest BCUT2D eigenvalue weighted by atomic mass is 10.0. The summed E-state index contributed by atoms with van der Waals surface area (Å²) in [7, 11) is -0.966. The quantitative estimate of drug-likeness (QED) is 0.748. The lowest BCUT2D eigenvalue weighted by molar-refractivity contribution is 0.627. The van der Waals surface area contributed by atoms with Crippen molar-refractivity contribution in [3.05, 3.63) is 70.5 Å². The standard InChI is InChI=1S/C20H19FOS/c1-4-17-13(2)19(18-10-7-15(21)12-20(17)18)11-14-5-8-16(9-6-14)23(3)22/h5-12H,4H2,1-3H3/b19-11+. The first-order valence-electron chi connectivity index (χ1n) is 7.67. The zero-order chi connectivity index (χ0) is 16.6. The van der Waals surface area contributed by atoms with Crippen LogP contribution in [0.4, 0.5) is 4.39 Å². The molecule has 0 saturated carbocycles.